The highest BCUT2D eigenvalue weighted by Crippen LogP contribution is 2.46. The van der Waals surface area contributed by atoms with Crippen LogP contribution in [0.2, 0.25) is 0 Å². The van der Waals surface area contributed by atoms with E-state index in [1.54, 1.807) is 19.1 Å². The number of anilines is 3. The van der Waals surface area contributed by atoms with E-state index in [-0.39, 0.29) is 5.69 Å². The van der Waals surface area contributed by atoms with E-state index in [1.165, 1.54) is 19.2 Å². The highest BCUT2D eigenvalue weighted by Gasteiger charge is 2.39. The molecule has 1 aromatic heterocycles. The summed E-state index contributed by atoms with van der Waals surface area (Å²) >= 11 is 0. The molecule has 0 saturated carbocycles. The maximum Gasteiger partial charge on any atom is 0.336 e. The fraction of sp³-hybridized carbons (Fsp3) is 0.458. The zero-order valence-corrected chi connectivity index (χ0v) is 20.2. The van der Waals surface area contributed by atoms with Crippen molar-refractivity contribution in [1.82, 2.24) is 9.97 Å². The van der Waals surface area contributed by atoms with Crippen LogP contribution in [0.1, 0.15) is 24.0 Å². The Bertz CT molecular complexity index is 1210. The molecule has 3 aliphatic rings. The number of nitrogens with one attached hydrogen (secondary N) is 1. The molecule has 1 atom stereocenters. The molecule has 1 unspecified atom stereocenters. The molecule has 36 heavy (non-hydrogen) atoms. The van der Waals surface area contributed by atoms with Crippen molar-refractivity contribution < 1.29 is 23.9 Å². The molecule has 2 fully saturated rings. The normalized spacial score (nSPS) is 20.0. The minimum Gasteiger partial charge on any atom is -0.466 e. The van der Waals surface area contributed by atoms with Gasteiger partial charge in [0.1, 0.15) is 11.6 Å². The number of morpholine rings is 2. The summed E-state index contributed by atoms with van der Waals surface area (Å²) in [7, 11) is 1.32. The lowest BCUT2D eigenvalue weighted by Crippen LogP contribution is -2.41. The molecular weight excluding hydrogens is 468 g/mol. The third-order valence-corrected chi connectivity index (χ3v) is 6.63. The van der Waals surface area contributed by atoms with Crippen molar-refractivity contribution in [2.75, 3.05) is 74.8 Å². The lowest BCUT2D eigenvalue weighted by atomic mass is 9.81. The summed E-state index contributed by atoms with van der Waals surface area (Å²) < 4.78 is 16.2. The van der Waals surface area contributed by atoms with E-state index >= 15 is 0 Å². The number of nitrogens with zero attached hydrogens (tertiary/aromatic N) is 5. The van der Waals surface area contributed by atoms with Crippen molar-refractivity contribution in [2.24, 2.45) is 0 Å². The van der Waals surface area contributed by atoms with Crippen LogP contribution in [-0.4, -0.2) is 80.6 Å². The number of benzene rings is 1. The Morgan fingerprint density at radius 1 is 1.11 bits per heavy atom. The number of ether oxygens (including phenoxy) is 3. The number of methoxy groups -OCH3 is 1. The van der Waals surface area contributed by atoms with Gasteiger partial charge in [0.2, 0.25) is 5.95 Å². The average molecular weight is 497 g/mol. The van der Waals surface area contributed by atoms with E-state index in [4.69, 9.17) is 24.2 Å². The summed E-state index contributed by atoms with van der Waals surface area (Å²) in [5.41, 5.74) is 2.14. The molecule has 5 rings (SSSR count). The van der Waals surface area contributed by atoms with E-state index in [9.17, 15) is 14.9 Å². The molecule has 12 nitrogen and oxygen atoms in total. The van der Waals surface area contributed by atoms with E-state index in [1.807, 2.05) is 0 Å². The van der Waals surface area contributed by atoms with E-state index < -0.39 is 16.8 Å². The Kier molecular flexibility index (Phi) is 6.70. The van der Waals surface area contributed by atoms with Gasteiger partial charge in [0.15, 0.2) is 0 Å². The molecule has 4 heterocycles. The maximum absolute atomic E-state index is 13.0. The third kappa shape index (κ3) is 4.44. The number of carbonyl (C=O) groups excluding carboxylic acids is 1. The minimum absolute atomic E-state index is 0.0618. The fourth-order valence-corrected chi connectivity index (χ4v) is 4.87. The Morgan fingerprint density at radius 2 is 1.78 bits per heavy atom. The van der Waals surface area contributed by atoms with Crippen LogP contribution in [0.3, 0.4) is 0 Å². The zero-order chi connectivity index (χ0) is 25.2. The van der Waals surface area contributed by atoms with Crippen LogP contribution >= 0.6 is 0 Å². The average Bonchev–Trinajstić information content (AvgIpc) is 2.92. The number of esters is 1. The Balaban J connectivity index is 1.73. The van der Waals surface area contributed by atoms with E-state index in [0.29, 0.717) is 92.6 Å². The summed E-state index contributed by atoms with van der Waals surface area (Å²) in [6.07, 6.45) is 0. The number of fused-ring (bicyclic) bond motifs is 1. The molecule has 190 valence electrons. The quantitative estimate of drug-likeness (QED) is 0.370. The third-order valence-electron chi connectivity index (χ3n) is 6.63. The predicted octanol–water partition coefficient (Wildman–Crippen LogP) is 2.06. The van der Waals surface area contributed by atoms with Gasteiger partial charge in [-0.25, -0.2) is 4.79 Å². The number of carbonyl (C=O) groups is 1. The Labute approximate surface area is 208 Å². The lowest BCUT2D eigenvalue weighted by Gasteiger charge is -2.37. The highest BCUT2D eigenvalue weighted by atomic mass is 16.6. The van der Waals surface area contributed by atoms with Crippen LogP contribution in [-0.2, 0) is 19.0 Å². The summed E-state index contributed by atoms with van der Waals surface area (Å²) in [6.45, 7) is 6.59. The molecule has 3 aliphatic heterocycles. The van der Waals surface area contributed by atoms with Crippen LogP contribution in [0.4, 0.5) is 23.3 Å². The molecule has 2 saturated heterocycles. The van der Waals surface area contributed by atoms with Gasteiger partial charge in [0, 0.05) is 49.6 Å². The van der Waals surface area contributed by atoms with Gasteiger partial charge in [0.25, 0.3) is 5.69 Å². The standard InChI is InChI=1S/C24H28N6O6/c1-15-18(23(31)34-2)19(16-4-3-5-17(14-16)30(32)33)20-21(25-15)26-24(29-8-12-36-13-9-29)27-22(20)28-6-10-35-11-7-28/h3-5,14,19H,6-13H2,1-2H3,(H,25,26,27). The molecule has 0 aliphatic carbocycles. The molecule has 0 spiro atoms. The second-order valence-electron chi connectivity index (χ2n) is 8.75. The topological polar surface area (TPSA) is 132 Å². The van der Waals surface area contributed by atoms with Gasteiger partial charge < -0.3 is 29.3 Å². The monoisotopic (exact) mass is 496 g/mol. The first-order chi connectivity index (χ1) is 17.5. The van der Waals surface area contributed by atoms with Crippen LogP contribution in [0, 0.1) is 10.1 Å². The Morgan fingerprint density at radius 3 is 2.42 bits per heavy atom. The van der Waals surface area contributed by atoms with Gasteiger partial charge in [-0.1, -0.05) is 12.1 Å². The van der Waals surface area contributed by atoms with E-state index in [2.05, 4.69) is 15.1 Å². The van der Waals surface area contributed by atoms with E-state index in [0.717, 1.165) is 0 Å². The molecule has 2 aromatic rings. The van der Waals surface area contributed by atoms with Crippen molar-refractivity contribution in [1.29, 1.82) is 0 Å². The van der Waals surface area contributed by atoms with Crippen molar-refractivity contribution in [3.05, 3.63) is 56.8 Å². The molecule has 0 amide bonds. The number of hydrogen-bond acceptors (Lipinski definition) is 11. The van der Waals surface area contributed by atoms with Crippen molar-refractivity contribution in [3.8, 4) is 0 Å². The first-order valence-electron chi connectivity index (χ1n) is 11.9. The zero-order valence-electron chi connectivity index (χ0n) is 20.2. The summed E-state index contributed by atoms with van der Waals surface area (Å²) in [6, 6.07) is 6.33. The van der Waals surface area contributed by atoms with Gasteiger partial charge in [0.05, 0.1) is 50.0 Å². The van der Waals surface area contributed by atoms with Crippen LogP contribution < -0.4 is 15.1 Å². The van der Waals surface area contributed by atoms with Crippen LogP contribution in [0.5, 0.6) is 0 Å². The molecule has 1 aromatic carbocycles. The number of aromatic nitrogens is 2. The maximum atomic E-state index is 13.0. The number of non-ortho nitro benzene ring substituents is 1. The Hall–Kier alpha value is -3.77. The summed E-state index contributed by atoms with van der Waals surface area (Å²) in [5, 5.41) is 14.9. The van der Waals surface area contributed by atoms with Gasteiger partial charge >= 0.3 is 5.97 Å². The van der Waals surface area contributed by atoms with Crippen molar-refractivity contribution >= 4 is 29.2 Å². The molecule has 0 bridgehead atoms. The summed E-state index contributed by atoms with van der Waals surface area (Å²) in [5.74, 6) is 0.619. The van der Waals surface area contributed by atoms with Gasteiger partial charge in [-0.3, -0.25) is 10.1 Å². The van der Waals surface area contributed by atoms with Crippen molar-refractivity contribution in [2.45, 2.75) is 12.8 Å². The van der Waals surface area contributed by atoms with Gasteiger partial charge in [-0.15, -0.1) is 0 Å². The number of nitro benzene ring substituents is 1. The number of allylic oxidation sites excluding steroid dienone is 1. The minimum atomic E-state index is -0.662. The number of hydrogen-bond donors (Lipinski definition) is 1. The summed E-state index contributed by atoms with van der Waals surface area (Å²) in [4.78, 5) is 38.2. The largest absolute Gasteiger partial charge is 0.466 e. The predicted molar refractivity (Wildman–Crippen MR) is 131 cm³/mol. The van der Waals surface area contributed by atoms with Crippen molar-refractivity contribution in [3.63, 3.8) is 0 Å². The van der Waals surface area contributed by atoms with Crippen LogP contribution in [0.15, 0.2) is 35.5 Å². The second kappa shape index (κ2) is 10.1. The SMILES string of the molecule is COC(=O)C1=C(C)Nc2nc(N3CCOCC3)nc(N3CCOCC3)c2C1c1cccc([N+](=O)[O-])c1. The molecular formula is C24H28N6O6. The fourth-order valence-electron chi connectivity index (χ4n) is 4.87. The number of rotatable bonds is 5. The van der Waals surface area contributed by atoms with Gasteiger partial charge in [-0.05, 0) is 12.5 Å². The molecule has 12 heteroatoms. The first kappa shape index (κ1) is 23.9. The first-order valence-corrected chi connectivity index (χ1v) is 11.9. The number of nitro groups is 1. The molecule has 1 N–H and O–H groups in total. The van der Waals surface area contributed by atoms with Crippen LogP contribution in [0.25, 0.3) is 0 Å². The second-order valence-corrected chi connectivity index (χ2v) is 8.75. The highest BCUT2D eigenvalue weighted by molar-refractivity contribution is 5.95. The smallest absolute Gasteiger partial charge is 0.336 e. The van der Waals surface area contributed by atoms with Gasteiger partial charge in [-0.2, -0.15) is 9.97 Å². The molecule has 0 radical (unpaired) electrons. The lowest BCUT2D eigenvalue weighted by molar-refractivity contribution is -0.384.